The van der Waals surface area contributed by atoms with Crippen LogP contribution in [-0.2, 0) is 9.53 Å². The first-order valence-corrected chi connectivity index (χ1v) is 11.7. The van der Waals surface area contributed by atoms with E-state index in [2.05, 4.69) is 0 Å². The summed E-state index contributed by atoms with van der Waals surface area (Å²) in [5.74, 6) is 0.422. The van der Waals surface area contributed by atoms with Crippen LogP contribution in [0.3, 0.4) is 0 Å². The normalized spacial score (nSPS) is 16.7. The van der Waals surface area contributed by atoms with E-state index < -0.39 is 17.9 Å². The second-order valence-corrected chi connectivity index (χ2v) is 8.60. The molecule has 0 bridgehead atoms. The fraction of sp³-hybridized carbons (Fsp3) is 0.207. The van der Waals surface area contributed by atoms with Gasteiger partial charge in [-0.25, -0.2) is 4.79 Å². The molecule has 0 amide bonds. The van der Waals surface area contributed by atoms with Crippen LogP contribution in [-0.4, -0.2) is 46.2 Å². The summed E-state index contributed by atoms with van der Waals surface area (Å²) in [5, 5.41) is 0. The third-order valence-corrected chi connectivity index (χ3v) is 6.50. The Morgan fingerprint density at radius 3 is 2.18 bits per heavy atom. The molecule has 2 aliphatic heterocycles. The minimum Gasteiger partial charge on any atom is -0.493 e. The predicted molar refractivity (Wildman–Crippen MR) is 135 cm³/mol. The molecule has 0 radical (unpaired) electrons. The Kier molecular flexibility index (Phi) is 6.50. The summed E-state index contributed by atoms with van der Waals surface area (Å²) in [6, 6.07) is 13.4. The molecule has 3 aromatic rings. The van der Waals surface area contributed by atoms with Crippen LogP contribution in [0.2, 0.25) is 0 Å². The number of benzene rings is 3. The van der Waals surface area contributed by atoms with Gasteiger partial charge in [-0.05, 0) is 53.6 Å². The van der Waals surface area contributed by atoms with Crippen LogP contribution < -0.4 is 23.7 Å². The minimum absolute atomic E-state index is 0.0461. The van der Waals surface area contributed by atoms with Crippen LogP contribution >= 0.6 is 0 Å². The van der Waals surface area contributed by atoms with Gasteiger partial charge in [-0.1, -0.05) is 12.1 Å². The number of ether oxygens (including phenoxy) is 6. The molecule has 0 fully saturated rings. The van der Waals surface area contributed by atoms with Crippen molar-refractivity contribution in [2.75, 3.05) is 28.4 Å². The van der Waals surface area contributed by atoms with Crippen molar-refractivity contribution in [3.05, 3.63) is 82.1 Å². The van der Waals surface area contributed by atoms with E-state index in [4.69, 9.17) is 28.4 Å². The molecule has 0 saturated carbocycles. The molecule has 3 aromatic carbocycles. The topological polar surface area (TPSA) is 107 Å². The van der Waals surface area contributed by atoms with E-state index >= 15 is 0 Å². The molecule has 38 heavy (non-hydrogen) atoms. The standard InChI is InChI=1S/C29H24O9/c1-33-22-12-15(13-23(34-2)28(22)35-3)11-21-26(31)18-9-10-20-25(27(18)38-21)19(14-24(30)37-20)16-5-7-17(8-6-16)29(32)36-4/h5-13,19H,14H2,1-4H3/b21-11-/t19-/m0/s1. The molecule has 0 N–H and O–H groups in total. The summed E-state index contributed by atoms with van der Waals surface area (Å²) in [7, 11) is 5.83. The second kappa shape index (κ2) is 9.93. The number of fused-ring (bicyclic) bond motifs is 3. The lowest BCUT2D eigenvalue weighted by Gasteiger charge is -2.26. The van der Waals surface area contributed by atoms with E-state index in [1.807, 2.05) is 0 Å². The van der Waals surface area contributed by atoms with Gasteiger partial charge in [-0.2, -0.15) is 0 Å². The zero-order chi connectivity index (χ0) is 27.0. The van der Waals surface area contributed by atoms with Crippen molar-refractivity contribution in [2.24, 2.45) is 0 Å². The molecule has 5 rings (SSSR count). The van der Waals surface area contributed by atoms with Crippen molar-refractivity contribution in [3.8, 4) is 28.7 Å². The first-order chi connectivity index (χ1) is 18.4. The molecule has 2 aliphatic rings. The van der Waals surface area contributed by atoms with Gasteiger partial charge in [0.15, 0.2) is 17.3 Å². The lowest BCUT2D eigenvalue weighted by molar-refractivity contribution is -0.135. The predicted octanol–water partition coefficient (Wildman–Crippen LogP) is 4.56. The maximum Gasteiger partial charge on any atom is 0.337 e. The van der Waals surface area contributed by atoms with E-state index in [0.29, 0.717) is 51.0 Å². The van der Waals surface area contributed by atoms with Gasteiger partial charge >= 0.3 is 11.9 Å². The van der Waals surface area contributed by atoms with Gasteiger partial charge in [0.25, 0.3) is 0 Å². The number of carbonyl (C=O) groups excluding carboxylic acids is 3. The van der Waals surface area contributed by atoms with Gasteiger partial charge < -0.3 is 28.4 Å². The van der Waals surface area contributed by atoms with Crippen LogP contribution in [0.4, 0.5) is 0 Å². The Hall–Kier alpha value is -4.79. The van der Waals surface area contributed by atoms with Crippen LogP contribution in [0.1, 0.15) is 49.7 Å². The van der Waals surface area contributed by atoms with Crippen molar-refractivity contribution in [3.63, 3.8) is 0 Å². The lowest BCUT2D eigenvalue weighted by Crippen LogP contribution is -2.21. The van der Waals surface area contributed by atoms with Crippen molar-refractivity contribution in [1.29, 1.82) is 0 Å². The van der Waals surface area contributed by atoms with Crippen molar-refractivity contribution in [1.82, 2.24) is 0 Å². The number of ketones is 1. The number of esters is 2. The number of allylic oxidation sites excluding steroid dienone is 1. The van der Waals surface area contributed by atoms with Crippen molar-refractivity contribution < 1.29 is 42.8 Å². The SMILES string of the molecule is COC(=O)c1ccc([C@@H]2CC(=O)Oc3ccc4c(c32)O/C(=C\c2cc(OC)c(OC)c(OC)c2)C4=O)cc1. The van der Waals surface area contributed by atoms with Crippen molar-refractivity contribution in [2.45, 2.75) is 12.3 Å². The van der Waals surface area contributed by atoms with Crippen LogP contribution in [0.15, 0.2) is 54.3 Å². The Labute approximate surface area is 218 Å². The second-order valence-electron chi connectivity index (χ2n) is 8.60. The molecule has 9 heteroatoms. The monoisotopic (exact) mass is 516 g/mol. The average Bonchev–Trinajstić information content (AvgIpc) is 3.26. The molecule has 194 valence electrons. The van der Waals surface area contributed by atoms with Crippen LogP contribution in [0.5, 0.6) is 28.7 Å². The highest BCUT2D eigenvalue weighted by Crippen LogP contribution is 2.49. The maximum absolute atomic E-state index is 13.3. The smallest absolute Gasteiger partial charge is 0.337 e. The summed E-state index contributed by atoms with van der Waals surface area (Å²) in [5.41, 5.74) is 2.70. The van der Waals surface area contributed by atoms with Gasteiger partial charge in [0.2, 0.25) is 11.5 Å². The van der Waals surface area contributed by atoms with Gasteiger partial charge in [0.1, 0.15) is 11.5 Å². The summed E-state index contributed by atoms with van der Waals surface area (Å²) in [6.07, 6.45) is 1.64. The molecule has 2 heterocycles. The van der Waals surface area contributed by atoms with E-state index in [1.165, 1.54) is 28.4 Å². The number of hydrogen-bond acceptors (Lipinski definition) is 9. The van der Waals surface area contributed by atoms with Gasteiger partial charge in [-0.15, -0.1) is 0 Å². The quantitative estimate of drug-likeness (QED) is 0.265. The molecule has 1 atom stereocenters. The minimum atomic E-state index is -0.462. The first kappa shape index (κ1) is 24.9. The summed E-state index contributed by atoms with van der Waals surface area (Å²) < 4.78 is 32.6. The third-order valence-electron chi connectivity index (χ3n) is 6.50. The number of methoxy groups -OCH3 is 4. The number of rotatable bonds is 6. The molecule has 0 spiro atoms. The van der Waals surface area contributed by atoms with E-state index in [1.54, 1.807) is 54.6 Å². The highest BCUT2D eigenvalue weighted by atomic mass is 16.5. The number of carbonyl (C=O) groups is 3. The first-order valence-electron chi connectivity index (χ1n) is 11.7. The molecule has 0 saturated heterocycles. The van der Waals surface area contributed by atoms with Gasteiger partial charge in [0.05, 0.1) is 46.0 Å². The fourth-order valence-electron chi connectivity index (χ4n) is 4.70. The summed E-state index contributed by atoms with van der Waals surface area (Å²) >= 11 is 0. The Morgan fingerprint density at radius 2 is 1.58 bits per heavy atom. The zero-order valence-corrected chi connectivity index (χ0v) is 21.2. The van der Waals surface area contributed by atoms with Crippen molar-refractivity contribution >= 4 is 23.8 Å². The van der Waals surface area contributed by atoms with Gasteiger partial charge in [-0.3, -0.25) is 9.59 Å². The Balaban J connectivity index is 1.56. The molecular weight excluding hydrogens is 492 g/mol. The molecule has 0 unspecified atom stereocenters. The summed E-state index contributed by atoms with van der Waals surface area (Å²) in [6.45, 7) is 0. The van der Waals surface area contributed by atoms with E-state index in [9.17, 15) is 14.4 Å². The molecule has 0 aliphatic carbocycles. The highest BCUT2D eigenvalue weighted by molar-refractivity contribution is 6.15. The number of Topliss-reactive ketones (excluding diaryl/α,β-unsaturated/α-hetero) is 1. The zero-order valence-electron chi connectivity index (χ0n) is 21.2. The van der Waals surface area contributed by atoms with Crippen LogP contribution in [0.25, 0.3) is 6.08 Å². The fourth-order valence-corrected chi connectivity index (χ4v) is 4.70. The molecule has 0 aromatic heterocycles. The number of hydrogen-bond donors (Lipinski definition) is 0. The molecular formula is C29H24O9. The lowest BCUT2D eigenvalue weighted by atomic mass is 9.84. The highest BCUT2D eigenvalue weighted by Gasteiger charge is 2.38. The average molecular weight is 517 g/mol. The largest absolute Gasteiger partial charge is 0.493 e. The summed E-state index contributed by atoms with van der Waals surface area (Å²) in [4.78, 5) is 37.6. The Morgan fingerprint density at radius 1 is 0.895 bits per heavy atom. The maximum atomic E-state index is 13.3. The third kappa shape index (κ3) is 4.21. The van der Waals surface area contributed by atoms with E-state index in [-0.39, 0.29) is 18.0 Å². The van der Waals surface area contributed by atoms with Gasteiger partial charge in [0, 0.05) is 11.5 Å². The Bertz CT molecular complexity index is 1460. The van der Waals surface area contributed by atoms with Crippen LogP contribution in [0, 0.1) is 0 Å². The van der Waals surface area contributed by atoms with E-state index in [0.717, 1.165) is 5.56 Å². The molecule has 9 nitrogen and oxygen atoms in total.